The Morgan fingerprint density at radius 3 is 2.33 bits per heavy atom. The van der Waals surface area contributed by atoms with Crippen molar-refractivity contribution in [1.29, 1.82) is 0 Å². The molecule has 4 aliphatic rings. The molecule has 222 valence electrons. The predicted octanol–water partition coefficient (Wildman–Crippen LogP) is 5.65. The average molecular weight is 574 g/mol. The summed E-state index contributed by atoms with van der Waals surface area (Å²) in [6.07, 6.45) is 6.99. The predicted molar refractivity (Wildman–Crippen MR) is 155 cm³/mol. The number of fused-ring (bicyclic) bond motifs is 1. The molecule has 2 N–H and O–H groups in total. The number of rotatable bonds is 4. The molecule has 0 aromatic carbocycles. The summed E-state index contributed by atoms with van der Waals surface area (Å²) < 4.78 is 13.1. The Bertz CT molecular complexity index is 1150. The molecule has 0 unspecified atom stereocenters. The first-order valence-electron chi connectivity index (χ1n) is 15.2. The summed E-state index contributed by atoms with van der Waals surface area (Å²) in [4.78, 5) is 31.4. The van der Waals surface area contributed by atoms with E-state index in [2.05, 4.69) is 4.98 Å². The van der Waals surface area contributed by atoms with Crippen LogP contribution >= 0.6 is 11.3 Å². The SMILES string of the molecule is C/C(=C\c1csc(C)n1)[C@@H]1C[C@]2(C3CC3)O[C@]2(C2CC2)CCC[C@H](C)[C@H](O)[C@@H](C)C(=O)C(C)(C)[C@@H](O)CC(=O)O1. The van der Waals surface area contributed by atoms with E-state index < -0.39 is 35.6 Å². The minimum absolute atomic E-state index is 0.0606. The molecule has 40 heavy (non-hydrogen) atoms. The van der Waals surface area contributed by atoms with E-state index in [9.17, 15) is 19.8 Å². The number of ketones is 1. The number of aryl methyl sites for hydroxylation is 1. The van der Waals surface area contributed by atoms with Gasteiger partial charge in [0.25, 0.3) is 0 Å². The van der Waals surface area contributed by atoms with E-state index in [-0.39, 0.29) is 29.3 Å². The highest BCUT2D eigenvalue weighted by atomic mass is 32.1. The van der Waals surface area contributed by atoms with Crippen molar-refractivity contribution in [3.05, 3.63) is 21.7 Å². The summed E-state index contributed by atoms with van der Waals surface area (Å²) in [5.74, 6) is -0.487. The molecule has 7 atom stereocenters. The topological polar surface area (TPSA) is 109 Å². The number of epoxide rings is 1. The van der Waals surface area contributed by atoms with Crippen LogP contribution in [-0.4, -0.2) is 56.5 Å². The highest BCUT2D eigenvalue weighted by Gasteiger charge is 2.78. The molecule has 5 rings (SSSR count). The maximum absolute atomic E-state index is 13.4. The summed E-state index contributed by atoms with van der Waals surface area (Å²) in [7, 11) is 0. The molecular formula is C32H47NO6S. The van der Waals surface area contributed by atoms with Crippen LogP contribution in [0.1, 0.15) is 103 Å². The van der Waals surface area contributed by atoms with Crippen LogP contribution in [0.15, 0.2) is 11.0 Å². The van der Waals surface area contributed by atoms with Crippen molar-refractivity contribution in [3.63, 3.8) is 0 Å². The van der Waals surface area contributed by atoms with E-state index in [0.29, 0.717) is 18.3 Å². The van der Waals surface area contributed by atoms with Gasteiger partial charge in [-0.2, -0.15) is 0 Å². The molecule has 1 aromatic rings. The zero-order valence-corrected chi connectivity index (χ0v) is 25.8. The maximum Gasteiger partial charge on any atom is 0.309 e. The smallest absolute Gasteiger partial charge is 0.309 e. The number of ether oxygens (including phenoxy) is 2. The van der Waals surface area contributed by atoms with Crippen LogP contribution in [0.3, 0.4) is 0 Å². The number of aliphatic hydroxyl groups is 2. The summed E-state index contributed by atoms with van der Waals surface area (Å²) in [5.41, 5.74) is 0.0371. The summed E-state index contributed by atoms with van der Waals surface area (Å²) in [6.45, 7) is 11.0. The molecule has 0 amide bonds. The number of carbonyl (C=O) groups excluding carboxylic acids is 2. The number of carbonyl (C=O) groups is 2. The van der Waals surface area contributed by atoms with Gasteiger partial charge < -0.3 is 19.7 Å². The lowest BCUT2D eigenvalue weighted by Crippen LogP contribution is -2.46. The third kappa shape index (κ3) is 5.58. The Morgan fingerprint density at radius 1 is 1.07 bits per heavy atom. The van der Waals surface area contributed by atoms with Crippen molar-refractivity contribution in [2.75, 3.05) is 0 Å². The summed E-state index contributed by atoms with van der Waals surface area (Å²) >= 11 is 1.58. The van der Waals surface area contributed by atoms with Gasteiger partial charge in [0.05, 0.1) is 34.7 Å². The number of aliphatic hydroxyl groups excluding tert-OH is 2. The summed E-state index contributed by atoms with van der Waals surface area (Å²) in [6, 6.07) is 0. The zero-order valence-electron chi connectivity index (χ0n) is 24.9. The van der Waals surface area contributed by atoms with Crippen LogP contribution in [0.4, 0.5) is 0 Å². The van der Waals surface area contributed by atoms with Crippen LogP contribution in [0.2, 0.25) is 0 Å². The minimum atomic E-state index is -1.23. The first kappa shape index (κ1) is 29.9. The van der Waals surface area contributed by atoms with Gasteiger partial charge in [-0.15, -0.1) is 11.3 Å². The lowest BCUT2D eigenvalue weighted by molar-refractivity contribution is -0.155. The maximum atomic E-state index is 13.4. The van der Waals surface area contributed by atoms with E-state index in [1.807, 2.05) is 32.2 Å². The standard InChI is InChI=1S/C32H47NO6S/c1-18-8-7-13-31(22-9-10-22)32(39-31,23-11-12-23)16-25(19(2)14-24-17-40-21(4)33-24)38-27(35)15-26(34)30(5,6)29(37)20(3)28(18)36/h14,17-18,20,22-23,25-26,28,34,36H,7-13,15-16H2,1-6H3/b19-14+/t18-,20+,25-,26-,28-,31-,32+/m0/s1. The van der Waals surface area contributed by atoms with Gasteiger partial charge in [-0.05, 0) is 81.8 Å². The number of cyclic esters (lactones) is 1. The van der Waals surface area contributed by atoms with Crippen LogP contribution < -0.4 is 0 Å². The molecule has 2 saturated heterocycles. The molecular weight excluding hydrogens is 526 g/mol. The number of thiazole rings is 1. The highest BCUT2D eigenvalue weighted by Crippen LogP contribution is 2.71. The van der Waals surface area contributed by atoms with Gasteiger partial charge in [0.15, 0.2) is 0 Å². The van der Waals surface area contributed by atoms with E-state index in [1.165, 1.54) is 0 Å². The number of esters is 1. The van der Waals surface area contributed by atoms with Crippen molar-refractivity contribution < 1.29 is 29.3 Å². The molecule has 0 spiro atoms. The number of Topliss-reactive ketones (excluding diaryl/α,β-unsaturated/α-hetero) is 1. The monoisotopic (exact) mass is 573 g/mol. The average Bonchev–Trinajstić information content (AvgIpc) is 3.77. The first-order chi connectivity index (χ1) is 18.8. The minimum Gasteiger partial charge on any atom is -0.458 e. The molecule has 7 nitrogen and oxygen atoms in total. The van der Waals surface area contributed by atoms with Crippen molar-refractivity contribution in [2.45, 2.75) is 129 Å². The Labute approximate surface area is 242 Å². The van der Waals surface area contributed by atoms with E-state index in [1.54, 1.807) is 32.1 Å². The van der Waals surface area contributed by atoms with Gasteiger partial charge >= 0.3 is 5.97 Å². The van der Waals surface area contributed by atoms with Crippen LogP contribution in [0, 0.1) is 36.0 Å². The molecule has 2 aliphatic heterocycles. The second-order valence-corrected chi connectivity index (χ2v) is 14.8. The second kappa shape index (κ2) is 10.9. The van der Waals surface area contributed by atoms with Gasteiger partial charge in [-0.25, -0.2) is 4.98 Å². The third-order valence-corrected chi connectivity index (χ3v) is 11.1. The van der Waals surface area contributed by atoms with Gasteiger partial charge in [-0.3, -0.25) is 9.59 Å². The lowest BCUT2D eigenvalue weighted by atomic mass is 9.72. The van der Waals surface area contributed by atoms with E-state index in [0.717, 1.165) is 61.2 Å². The molecule has 4 fully saturated rings. The van der Waals surface area contributed by atoms with Gasteiger partial charge in [0.1, 0.15) is 23.1 Å². The van der Waals surface area contributed by atoms with Crippen LogP contribution in [0.25, 0.3) is 6.08 Å². The molecule has 0 radical (unpaired) electrons. The Balaban J connectivity index is 1.48. The van der Waals surface area contributed by atoms with Crippen LogP contribution in [0.5, 0.6) is 0 Å². The van der Waals surface area contributed by atoms with Gasteiger partial charge in [0.2, 0.25) is 0 Å². The summed E-state index contributed by atoms with van der Waals surface area (Å²) in [5, 5.41) is 25.2. The lowest BCUT2D eigenvalue weighted by Gasteiger charge is -2.35. The van der Waals surface area contributed by atoms with Crippen molar-refractivity contribution in [2.24, 2.45) is 29.1 Å². The normalized spacial score (nSPS) is 39.9. The zero-order chi connectivity index (χ0) is 29.0. The quantitative estimate of drug-likeness (QED) is 0.354. The Morgan fingerprint density at radius 2 is 1.73 bits per heavy atom. The molecule has 0 bridgehead atoms. The Kier molecular flexibility index (Phi) is 8.14. The first-order valence-corrected chi connectivity index (χ1v) is 16.1. The van der Waals surface area contributed by atoms with Crippen LogP contribution in [-0.2, 0) is 19.1 Å². The molecule has 8 heteroatoms. The number of nitrogens with zero attached hydrogens (tertiary/aromatic N) is 1. The fourth-order valence-electron chi connectivity index (χ4n) is 7.32. The van der Waals surface area contributed by atoms with E-state index >= 15 is 0 Å². The largest absolute Gasteiger partial charge is 0.458 e. The fourth-order valence-corrected chi connectivity index (χ4v) is 7.89. The molecule has 2 aliphatic carbocycles. The molecule has 2 saturated carbocycles. The third-order valence-electron chi connectivity index (χ3n) is 10.3. The van der Waals surface area contributed by atoms with Crippen molar-refractivity contribution in [3.8, 4) is 0 Å². The number of aromatic nitrogens is 1. The Hall–Kier alpha value is -1.61. The van der Waals surface area contributed by atoms with E-state index in [4.69, 9.17) is 9.47 Å². The van der Waals surface area contributed by atoms with Crippen molar-refractivity contribution >= 4 is 29.2 Å². The number of hydrogen-bond donors (Lipinski definition) is 2. The van der Waals surface area contributed by atoms with Crippen molar-refractivity contribution in [1.82, 2.24) is 4.98 Å². The van der Waals surface area contributed by atoms with Gasteiger partial charge in [-0.1, -0.05) is 34.1 Å². The molecule has 3 heterocycles. The highest BCUT2D eigenvalue weighted by molar-refractivity contribution is 7.09. The van der Waals surface area contributed by atoms with Gasteiger partial charge in [0, 0.05) is 17.7 Å². The second-order valence-electron chi connectivity index (χ2n) is 13.7. The molecule has 1 aromatic heterocycles. The fraction of sp³-hybridized carbons (Fsp3) is 0.781. The number of hydrogen-bond acceptors (Lipinski definition) is 8.